The van der Waals surface area contributed by atoms with Crippen molar-refractivity contribution < 1.29 is 4.79 Å². The molecule has 1 amide bonds. The van der Waals surface area contributed by atoms with Crippen molar-refractivity contribution in [1.82, 2.24) is 14.8 Å². The highest BCUT2D eigenvalue weighted by Gasteiger charge is 2.23. The third kappa shape index (κ3) is 3.57. The summed E-state index contributed by atoms with van der Waals surface area (Å²) in [6, 6.07) is 9.86. The Balaban J connectivity index is 1.61. The summed E-state index contributed by atoms with van der Waals surface area (Å²) < 4.78 is 0. The van der Waals surface area contributed by atoms with Crippen LogP contribution in [0.2, 0.25) is 0 Å². The Bertz CT molecular complexity index is 789. The van der Waals surface area contributed by atoms with Crippen molar-refractivity contribution in [3.8, 4) is 0 Å². The number of carbonyl (C=O) groups excluding carboxylic acids is 1. The summed E-state index contributed by atoms with van der Waals surface area (Å²) in [7, 11) is 0. The van der Waals surface area contributed by atoms with Crippen molar-refractivity contribution in [2.45, 2.75) is 20.4 Å². The zero-order valence-electron chi connectivity index (χ0n) is 14.2. The largest absolute Gasteiger partial charge is 0.364 e. The van der Waals surface area contributed by atoms with E-state index in [1.165, 1.54) is 23.4 Å². The topological polar surface area (TPSA) is 56.4 Å². The molecule has 24 heavy (non-hydrogen) atoms. The van der Waals surface area contributed by atoms with Crippen molar-refractivity contribution in [2.24, 2.45) is 0 Å². The monoisotopic (exact) mass is 325 g/mol. The first-order valence-corrected chi connectivity index (χ1v) is 8.30. The van der Waals surface area contributed by atoms with Crippen LogP contribution in [0.15, 0.2) is 41.3 Å². The van der Waals surface area contributed by atoms with Gasteiger partial charge in [-0.3, -0.25) is 14.5 Å². The lowest BCUT2D eigenvalue weighted by Crippen LogP contribution is -2.49. The molecule has 0 aliphatic carbocycles. The number of pyridine rings is 1. The van der Waals surface area contributed by atoms with Gasteiger partial charge >= 0.3 is 0 Å². The van der Waals surface area contributed by atoms with E-state index in [-0.39, 0.29) is 16.9 Å². The van der Waals surface area contributed by atoms with Crippen molar-refractivity contribution in [3.05, 3.63) is 69.1 Å². The molecule has 1 aliphatic heterocycles. The number of aryl methyl sites for hydroxylation is 2. The SMILES string of the molecule is Cc1cc(=O)c(C(=O)N2CCN(Cc3ccccc3C)CC2)c[nH]1. The molecule has 1 aliphatic rings. The molecule has 0 spiro atoms. The van der Waals surface area contributed by atoms with Crippen LogP contribution in [0.1, 0.15) is 27.2 Å². The average Bonchev–Trinajstić information content (AvgIpc) is 2.57. The van der Waals surface area contributed by atoms with Gasteiger partial charge < -0.3 is 9.88 Å². The summed E-state index contributed by atoms with van der Waals surface area (Å²) in [5.74, 6) is -0.174. The lowest BCUT2D eigenvalue weighted by molar-refractivity contribution is 0.0626. The molecule has 0 radical (unpaired) electrons. The summed E-state index contributed by atoms with van der Waals surface area (Å²) in [5, 5.41) is 0. The van der Waals surface area contributed by atoms with Crippen LogP contribution in [0.25, 0.3) is 0 Å². The molecular weight excluding hydrogens is 302 g/mol. The van der Waals surface area contributed by atoms with Crippen LogP contribution in [0.4, 0.5) is 0 Å². The number of piperazine rings is 1. The normalized spacial score (nSPS) is 15.5. The summed E-state index contributed by atoms with van der Waals surface area (Å²) >= 11 is 0. The van der Waals surface area contributed by atoms with Gasteiger partial charge in [0.15, 0.2) is 5.43 Å². The number of rotatable bonds is 3. The molecule has 2 aromatic rings. The van der Waals surface area contributed by atoms with E-state index in [0.29, 0.717) is 13.1 Å². The minimum Gasteiger partial charge on any atom is -0.364 e. The molecule has 126 valence electrons. The summed E-state index contributed by atoms with van der Waals surface area (Å²) in [6.07, 6.45) is 1.53. The maximum absolute atomic E-state index is 12.5. The van der Waals surface area contributed by atoms with E-state index in [1.807, 2.05) is 0 Å². The highest BCUT2D eigenvalue weighted by molar-refractivity contribution is 5.93. The molecule has 5 nitrogen and oxygen atoms in total. The standard InChI is InChI=1S/C19H23N3O2/c1-14-5-3-4-6-16(14)13-21-7-9-22(10-8-21)19(24)17-12-20-15(2)11-18(17)23/h3-6,11-12H,7-10,13H2,1-2H3,(H,20,23). The van der Waals surface area contributed by atoms with E-state index >= 15 is 0 Å². The van der Waals surface area contributed by atoms with Crippen LogP contribution in [0.5, 0.6) is 0 Å². The molecule has 0 saturated carbocycles. The molecule has 2 heterocycles. The Labute approximate surface area is 141 Å². The van der Waals surface area contributed by atoms with E-state index in [0.717, 1.165) is 25.3 Å². The molecule has 0 unspecified atom stereocenters. The number of hydrogen-bond acceptors (Lipinski definition) is 3. The van der Waals surface area contributed by atoms with Crippen LogP contribution < -0.4 is 5.43 Å². The molecule has 1 fully saturated rings. The Hall–Kier alpha value is -2.40. The fraction of sp³-hybridized carbons (Fsp3) is 0.368. The third-order valence-corrected chi connectivity index (χ3v) is 4.60. The van der Waals surface area contributed by atoms with E-state index in [2.05, 4.69) is 41.1 Å². The van der Waals surface area contributed by atoms with Gasteiger partial charge in [0.25, 0.3) is 5.91 Å². The molecule has 1 N–H and O–H groups in total. The van der Waals surface area contributed by atoms with E-state index in [1.54, 1.807) is 11.8 Å². The second kappa shape index (κ2) is 7.01. The van der Waals surface area contributed by atoms with E-state index in [9.17, 15) is 9.59 Å². The van der Waals surface area contributed by atoms with Gasteiger partial charge in [0.1, 0.15) is 5.56 Å². The van der Waals surface area contributed by atoms with Crippen LogP contribution in [0, 0.1) is 13.8 Å². The minimum absolute atomic E-state index is 0.174. The molecule has 1 saturated heterocycles. The van der Waals surface area contributed by atoms with Gasteiger partial charge in [-0.2, -0.15) is 0 Å². The fourth-order valence-electron chi connectivity index (χ4n) is 3.05. The van der Waals surface area contributed by atoms with Gasteiger partial charge in [0.2, 0.25) is 0 Å². The first kappa shape index (κ1) is 16.5. The molecule has 0 bridgehead atoms. The minimum atomic E-state index is -0.210. The van der Waals surface area contributed by atoms with Gasteiger partial charge in [0, 0.05) is 50.7 Å². The number of amides is 1. The number of carbonyl (C=O) groups is 1. The second-order valence-corrected chi connectivity index (χ2v) is 6.39. The molecule has 1 aromatic carbocycles. The number of benzene rings is 1. The Morgan fingerprint density at radius 3 is 2.50 bits per heavy atom. The molecule has 1 aromatic heterocycles. The Morgan fingerprint density at radius 1 is 1.12 bits per heavy atom. The number of nitrogens with one attached hydrogen (secondary N) is 1. The van der Waals surface area contributed by atoms with E-state index in [4.69, 9.17) is 0 Å². The van der Waals surface area contributed by atoms with Gasteiger partial charge in [-0.1, -0.05) is 24.3 Å². The lowest BCUT2D eigenvalue weighted by Gasteiger charge is -2.35. The second-order valence-electron chi connectivity index (χ2n) is 6.39. The number of aromatic nitrogens is 1. The molecule has 0 atom stereocenters. The number of H-pyrrole nitrogens is 1. The predicted octanol–water partition coefficient (Wildman–Crippen LogP) is 1.95. The number of hydrogen-bond donors (Lipinski definition) is 1. The van der Waals surface area contributed by atoms with Gasteiger partial charge in [0.05, 0.1) is 0 Å². The van der Waals surface area contributed by atoms with Crippen LogP contribution in [-0.2, 0) is 6.54 Å². The van der Waals surface area contributed by atoms with Crippen LogP contribution >= 0.6 is 0 Å². The van der Waals surface area contributed by atoms with Gasteiger partial charge in [-0.25, -0.2) is 0 Å². The van der Waals surface area contributed by atoms with Crippen molar-refractivity contribution in [3.63, 3.8) is 0 Å². The maximum atomic E-state index is 12.5. The fourth-order valence-corrected chi connectivity index (χ4v) is 3.05. The highest BCUT2D eigenvalue weighted by Crippen LogP contribution is 2.13. The van der Waals surface area contributed by atoms with E-state index < -0.39 is 0 Å². The van der Waals surface area contributed by atoms with Gasteiger partial charge in [-0.05, 0) is 25.0 Å². The number of aromatic amines is 1. The zero-order valence-corrected chi connectivity index (χ0v) is 14.2. The first-order chi connectivity index (χ1) is 11.5. The lowest BCUT2D eigenvalue weighted by atomic mass is 10.1. The highest BCUT2D eigenvalue weighted by atomic mass is 16.2. The van der Waals surface area contributed by atoms with Gasteiger partial charge in [-0.15, -0.1) is 0 Å². The molecule has 5 heteroatoms. The summed E-state index contributed by atoms with van der Waals surface area (Å²) in [5.41, 5.74) is 3.40. The van der Waals surface area contributed by atoms with Crippen LogP contribution in [0.3, 0.4) is 0 Å². The summed E-state index contributed by atoms with van der Waals surface area (Å²) in [6.45, 7) is 7.78. The smallest absolute Gasteiger partial charge is 0.259 e. The molecule has 3 rings (SSSR count). The number of nitrogens with zero attached hydrogens (tertiary/aromatic N) is 2. The van der Waals surface area contributed by atoms with Crippen molar-refractivity contribution in [1.29, 1.82) is 0 Å². The Kier molecular flexibility index (Phi) is 4.81. The third-order valence-electron chi connectivity index (χ3n) is 4.60. The molecular formula is C19H23N3O2. The zero-order chi connectivity index (χ0) is 17.1. The Morgan fingerprint density at radius 2 is 1.83 bits per heavy atom. The average molecular weight is 325 g/mol. The van der Waals surface area contributed by atoms with Crippen molar-refractivity contribution >= 4 is 5.91 Å². The van der Waals surface area contributed by atoms with Crippen LogP contribution in [-0.4, -0.2) is 46.9 Å². The quantitative estimate of drug-likeness (QED) is 0.938. The van der Waals surface area contributed by atoms with Crippen molar-refractivity contribution in [2.75, 3.05) is 26.2 Å². The maximum Gasteiger partial charge on any atom is 0.259 e. The predicted molar refractivity (Wildman–Crippen MR) is 94.2 cm³/mol. The first-order valence-electron chi connectivity index (χ1n) is 8.30. The summed E-state index contributed by atoms with van der Waals surface area (Å²) in [4.78, 5) is 31.6.